The second-order valence-corrected chi connectivity index (χ2v) is 4.82. The molecule has 0 radical (unpaired) electrons. The molecule has 3 nitrogen and oxygen atoms in total. The fraction of sp³-hybridized carbons (Fsp3) is 0.400. The van der Waals surface area contributed by atoms with Gasteiger partial charge in [-0.1, -0.05) is 12.1 Å². The van der Waals surface area contributed by atoms with Crippen LogP contribution in [0, 0.1) is 11.8 Å². The van der Waals surface area contributed by atoms with Crippen molar-refractivity contribution in [3.8, 4) is 5.75 Å². The summed E-state index contributed by atoms with van der Waals surface area (Å²) in [7, 11) is 0. The first-order valence-corrected chi connectivity index (χ1v) is 5.73. The van der Waals surface area contributed by atoms with Crippen LogP contribution in [0.4, 0.5) is 0 Å². The van der Waals surface area contributed by atoms with E-state index >= 15 is 0 Å². The van der Waals surface area contributed by atoms with Gasteiger partial charge in [0.1, 0.15) is 11.3 Å². The van der Waals surface area contributed by atoms with Gasteiger partial charge in [0.25, 0.3) is 0 Å². The third-order valence-electron chi connectivity index (χ3n) is 1.13. The van der Waals surface area contributed by atoms with Gasteiger partial charge in [0, 0.05) is 0 Å². The molecule has 0 aromatic heterocycles. The molecule has 0 unspecified atom stereocenters. The van der Waals surface area contributed by atoms with Crippen molar-refractivity contribution in [1.29, 1.82) is 0 Å². The molecule has 0 aliphatic heterocycles. The van der Waals surface area contributed by atoms with Crippen LogP contribution in [-0.4, -0.2) is 16.2 Å². The van der Waals surface area contributed by atoms with Gasteiger partial charge in [0.2, 0.25) is 0 Å². The van der Waals surface area contributed by atoms with E-state index in [4.69, 9.17) is 10.2 Å². The van der Waals surface area contributed by atoms with Crippen LogP contribution in [0.2, 0.25) is 0 Å². The number of para-hydroxylation sites is 1. The molecular formula is C15H24O3Ti. The topological polar surface area (TPSA) is 57.5 Å². The van der Waals surface area contributed by atoms with Gasteiger partial charge in [-0.15, -0.1) is 0 Å². The number of rotatable bonds is 1. The normalized spacial score (nSPS) is 8.63. The van der Waals surface area contributed by atoms with Crippen molar-refractivity contribution in [1.82, 2.24) is 0 Å². The molecule has 106 valence electrons. The van der Waals surface area contributed by atoms with E-state index in [1.807, 2.05) is 0 Å². The van der Waals surface area contributed by atoms with Crippen molar-refractivity contribution in [2.24, 2.45) is 0 Å². The summed E-state index contributed by atoms with van der Waals surface area (Å²) in [5.41, 5.74) is -0.0671. The minimum Gasteiger partial charge on any atom is -0.507 e. The minimum atomic E-state index is -1.11. The molecule has 1 aromatic carbocycles. The third kappa shape index (κ3) is 19.7. The van der Waals surface area contributed by atoms with Crippen molar-refractivity contribution >= 4 is 5.97 Å². The number of carboxylic acids is 1. The second-order valence-electron chi connectivity index (χ2n) is 4.82. The van der Waals surface area contributed by atoms with Crippen molar-refractivity contribution in [2.75, 3.05) is 0 Å². The summed E-state index contributed by atoms with van der Waals surface area (Å²) in [6.07, 6.45) is 0. The zero-order valence-electron chi connectivity index (χ0n) is 12.6. The van der Waals surface area contributed by atoms with Gasteiger partial charge in [-0.2, -0.15) is 41.5 Å². The summed E-state index contributed by atoms with van der Waals surface area (Å²) < 4.78 is 0. The molecule has 0 fully saturated rings. The summed E-state index contributed by atoms with van der Waals surface area (Å²) >= 11 is 0. The average molecular weight is 300 g/mol. The Morgan fingerprint density at radius 3 is 1.47 bits per heavy atom. The molecule has 0 aliphatic carbocycles. The molecule has 0 atom stereocenters. The third-order valence-corrected chi connectivity index (χ3v) is 1.13. The Kier molecular flexibility index (Phi) is 16.7. The van der Waals surface area contributed by atoms with Gasteiger partial charge in [0.05, 0.1) is 0 Å². The number of carbonyl (C=O) groups is 1. The van der Waals surface area contributed by atoms with Crippen LogP contribution in [-0.2, 0) is 21.7 Å². The van der Waals surface area contributed by atoms with E-state index in [0.717, 1.165) is 0 Å². The van der Waals surface area contributed by atoms with Gasteiger partial charge in [-0.05, 0) is 12.1 Å². The van der Waals surface area contributed by atoms with Gasteiger partial charge < -0.3 is 22.0 Å². The predicted molar refractivity (Wildman–Crippen MR) is 75.6 cm³/mol. The SMILES string of the molecule is C[C-](C)C.C[C-](C)C.O=C(O)c1ccccc1O.[Ti+2]. The first-order chi connectivity index (χ1) is 8.18. The summed E-state index contributed by atoms with van der Waals surface area (Å²) in [5.74, 6) is 1.52. The van der Waals surface area contributed by atoms with E-state index in [1.54, 1.807) is 12.1 Å². The summed E-state index contributed by atoms with van der Waals surface area (Å²) in [4.78, 5) is 10.3. The zero-order valence-corrected chi connectivity index (χ0v) is 14.2. The van der Waals surface area contributed by atoms with Crippen molar-refractivity contribution in [3.05, 3.63) is 41.7 Å². The first-order valence-electron chi connectivity index (χ1n) is 5.73. The molecular weight excluding hydrogens is 276 g/mol. The molecule has 1 rings (SSSR count). The number of phenols is 1. The fourth-order valence-corrected chi connectivity index (χ4v) is 0.654. The predicted octanol–water partition coefficient (Wildman–Crippen LogP) is 4.33. The summed E-state index contributed by atoms with van der Waals surface area (Å²) in [5, 5.41) is 17.3. The fourth-order valence-electron chi connectivity index (χ4n) is 0.654. The summed E-state index contributed by atoms with van der Waals surface area (Å²) in [6.45, 7) is 12.5. The van der Waals surface area contributed by atoms with E-state index in [0.29, 0.717) is 0 Å². The van der Waals surface area contributed by atoms with E-state index in [9.17, 15) is 4.79 Å². The van der Waals surface area contributed by atoms with Crippen LogP contribution < -0.4 is 0 Å². The van der Waals surface area contributed by atoms with E-state index in [-0.39, 0.29) is 33.0 Å². The molecule has 0 spiro atoms. The monoisotopic (exact) mass is 300 g/mol. The van der Waals surface area contributed by atoms with Crippen molar-refractivity contribution < 1.29 is 36.7 Å². The van der Waals surface area contributed by atoms with E-state index < -0.39 is 5.97 Å². The smallest absolute Gasteiger partial charge is 0.507 e. The number of hydrogen-bond acceptors (Lipinski definition) is 2. The molecule has 0 heterocycles. The Balaban J connectivity index is -0.000000242. The Bertz CT molecular complexity index is 324. The summed E-state index contributed by atoms with van der Waals surface area (Å²) in [6, 6.07) is 5.81. The molecule has 1 aromatic rings. The molecule has 0 aliphatic rings. The molecule has 0 amide bonds. The molecule has 4 heteroatoms. The number of aromatic hydroxyl groups is 1. The van der Waals surface area contributed by atoms with Crippen LogP contribution >= 0.6 is 0 Å². The molecule has 0 saturated heterocycles. The number of carboxylic acid groups (broad SMARTS) is 1. The molecule has 0 saturated carbocycles. The number of hydrogen-bond donors (Lipinski definition) is 2. The molecule has 0 bridgehead atoms. The largest absolute Gasteiger partial charge is 2.00 e. The Hall–Kier alpha value is -0.796. The van der Waals surface area contributed by atoms with Gasteiger partial charge >= 0.3 is 27.7 Å². The maximum absolute atomic E-state index is 10.3. The first kappa shape index (κ1) is 23.3. The van der Waals surface area contributed by atoms with Crippen LogP contribution in [0.1, 0.15) is 51.9 Å². The van der Waals surface area contributed by atoms with Crippen molar-refractivity contribution in [2.45, 2.75) is 41.5 Å². The minimum absolute atomic E-state index is 0. The maximum Gasteiger partial charge on any atom is 2.00 e. The van der Waals surface area contributed by atoms with Gasteiger partial charge in [-0.25, -0.2) is 4.79 Å². The zero-order chi connectivity index (χ0) is 14.7. The van der Waals surface area contributed by atoms with Crippen molar-refractivity contribution in [3.63, 3.8) is 0 Å². The molecule has 19 heavy (non-hydrogen) atoms. The second kappa shape index (κ2) is 13.6. The Labute approximate surface area is 131 Å². The van der Waals surface area contributed by atoms with Crippen LogP contribution in [0.25, 0.3) is 0 Å². The Morgan fingerprint density at radius 1 is 0.947 bits per heavy atom. The number of benzene rings is 1. The van der Waals surface area contributed by atoms with Gasteiger partial charge in [-0.3, -0.25) is 0 Å². The van der Waals surface area contributed by atoms with E-state index in [2.05, 4.69) is 41.5 Å². The van der Waals surface area contributed by atoms with Crippen LogP contribution in [0.3, 0.4) is 0 Å². The average Bonchev–Trinajstić information content (AvgIpc) is 2.15. The number of aromatic carboxylic acids is 1. The van der Waals surface area contributed by atoms with Crippen LogP contribution in [0.5, 0.6) is 5.75 Å². The standard InChI is InChI=1S/C7H6O3.2C4H9.Ti/c8-6-4-2-1-3-5(6)7(9)10;2*1-4(2)3;/h1-4,8H,(H,9,10);2*1-3H3;/q;2*-1;+2. The van der Waals surface area contributed by atoms with Crippen LogP contribution in [0.15, 0.2) is 24.3 Å². The van der Waals surface area contributed by atoms with E-state index in [1.165, 1.54) is 24.0 Å². The van der Waals surface area contributed by atoms with Gasteiger partial charge in [0.15, 0.2) is 0 Å². The maximum atomic E-state index is 10.3. The Morgan fingerprint density at radius 2 is 1.26 bits per heavy atom. The quantitative estimate of drug-likeness (QED) is 0.599. The molecule has 2 N–H and O–H groups in total.